The number of rotatable bonds is 7. The van der Waals surface area contributed by atoms with Crippen molar-refractivity contribution in [1.82, 2.24) is 15.1 Å². The van der Waals surface area contributed by atoms with Crippen molar-refractivity contribution in [3.63, 3.8) is 0 Å². The molecule has 0 fully saturated rings. The third kappa shape index (κ3) is 4.91. The van der Waals surface area contributed by atoms with Gasteiger partial charge in [0, 0.05) is 26.7 Å². The Balaban J connectivity index is 1.67. The highest BCUT2D eigenvalue weighted by molar-refractivity contribution is 5.92. The van der Waals surface area contributed by atoms with Crippen LogP contribution in [0.25, 0.3) is 0 Å². The number of hydrogen-bond donors (Lipinski definition) is 0. The molecule has 0 aliphatic carbocycles. The number of carbonyl (C=O) groups is 1. The number of aromatic nitrogens is 2. The number of hydrogen-bond acceptors (Lipinski definition) is 4. The summed E-state index contributed by atoms with van der Waals surface area (Å²) >= 11 is 0. The van der Waals surface area contributed by atoms with Crippen LogP contribution in [0.3, 0.4) is 0 Å². The van der Waals surface area contributed by atoms with E-state index in [0.29, 0.717) is 18.8 Å². The predicted molar refractivity (Wildman–Crippen MR) is 107 cm³/mol. The van der Waals surface area contributed by atoms with Crippen LogP contribution < -0.4 is 4.90 Å². The molecular weight excluding hydrogens is 336 g/mol. The van der Waals surface area contributed by atoms with E-state index in [1.54, 1.807) is 11.0 Å². The summed E-state index contributed by atoms with van der Waals surface area (Å²) in [6.07, 6.45) is 0. The Morgan fingerprint density at radius 2 is 1.41 bits per heavy atom. The van der Waals surface area contributed by atoms with Gasteiger partial charge in [-0.2, -0.15) is 0 Å². The zero-order valence-electron chi connectivity index (χ0n) is 15.7. The van der Waals surface area contributed by atoms with Crippen molar-refractivity contribution in [2.24, 2.45) is 0 Å². The van der Waals surface area contributed by atoms with Gasteiger partial charge in [-0.15, -0.1) is 10.2 Å². The molecule has 0 bridgehead atoms. The van der Waals surface area contributed by atoms with Crippen LogP contribution in [-0.2, 0) is 13.1 Å². The van der Waals surface area contributed by atoms with Crippen molar-refractivity contribution in [3.8, 4) is 0 Å². The lowest BCUT2D eigenvalue weighted by Crippen LogP contribution is -2.31. The van der Waals surface area contributed by atoms with E-state index in [1.165, 1.54) is 5.56 Å². The SMILES string of the molecule is CCN(Cc1ccccc1)C(=O)c1ccc(N(C)Cc2ccccc2)nn1. The van der Waals surface area contributed by atoms with Gasteiger partial charge in [0.05, 0.1) is 0 Å². The number of anilines is 1. The van der Waals surface area contributed by atoms with Crippen molar-refractivity contribution in [2.75, 3.05) is 18.5 Å². The quantitative estimate of drug-likeness (QED) is 0.643. The monoisotopic (exact) mass is 360 g/mol. The minimum atomic E-state index is -0.105. The molecule has 0 N–H and O–H groups in total. The average Bonchev–Trinajstić information content (AvgIpc) is 2.73. The second-order valence-electron chi connectivity index (χ2n) is 6.42. The first-order valence-corrected chi connectivity index (χ1v) is 9.09. The Morgan fingerprint density at radius 3 is 1.93 bits per heavy atom. The lowest BCUT2D eigenvalue weighted by atomic mass is 10.2. The Labute approximate surface area is 160 Å². The molecule has 0 saturated heterocycles. The first-order valence-electron chi connectivity index (χ1n) is 9.09. The second kappa shape index (κ2) is 8.94. The van der Waals surface area contributed by atoms with E-state index >= 15 is 0 Å². The molecule has 138 valence electrons. The van der Waals surface area contributed by atoms with E-state index in [2.05, 4.69) is 22.3 Å². The molecule has 2 aromatic carbocycles. The van der Waals surface area contributed by atoms with Crippen molar-refractivity contribution in [3.05, 3.63) is 89.6 Å². The summed E-state index contributed by atoms with van der Waals surface area (Å²) in [5.41, 5.74) is 2.66. The molecule has 3 rings (SSSR count). The highest BCUT2D eigenvalue weighted by atomic mass is 16.2. The summed E-state index contributed by atoms with van der Waals surface area (Å²) in [5, 5.41) is 8.42. The van der Waals surface area contributed by atoms with E-state index in [1.807, 2.05) is 73.5 Å². The van der Waals surface area contributed by atoms with Gasteiger partial charge in [0.25, 0.3) is 5.91 Å². The minimum Gasteiger partial charge on any atom is -0.354 e. The van der Waals surface area contributed by atoms with E-state index in [4.69, 9.17) is 0 Å². The maximum absolute atomic E-state index is 12.8. The van der Waals surface area contributed by atoms with Gasteiger partial charge in [-0.25, -0.2) is 0 Å². The lowest BCUT2D eigenvalue weighted by molar-refractivity contribution is 0.0745. The topological polar surface area (TPSA) is 49.3 Å². The number of benzene rings is 2. The van der Waals surface area contributed by atoms with Gasteiger partial charge in [0.15, 0.2) is 11.5 Å². The summed E-state index contributed by atoms with van der Waals surface area (Å²) in [6, 6.07) is 23.7. The number of nitrogens with zero attached hydrogens (tertiary/aromatic N) is 4. The summed E-state index contributed by atoms with van der Waals surface area (Å²) in [7, 11) is 1.96. The van der Waals surface area contributed by atoms with Crippen LogP contribution in [0, 0.1) is 0 Å². The molecule has 0 aliphatic rings. The third-order valence-electron chi connectivity index (χ3n) is 4.41. The van der Waals surface area contributed by atoms with Crippen molar-refractivity contribution in [1.29, 1.82) is 0 Å². The van der Waals surface area contributed by atoms with E-state index in [9.17, 15) is 4.79 Å². The molecule has 5 heteroatoms. The molecule has 3 aromatic rings. The highest BCUT2D eigenvalue weighted by Crippen LogP contribution is 2.13. The highest BCUT2D eigenvalue weighted by Gasteiger charge is 2.17. The molecule has 1 amide bonds. The molecule has 5 nitrogen and oxygen atoms in total. The molecule has 1 aromatic heterocycles. The summed E-state index contributed by atoms with van der Waals surface area (Å²) in [4.78, 5) is 16.5. The largest absolute Gasteiger partial charge is 0.354 e. The van der Waals surface area contributed by atoms with Crippen LogP contribution in [0.5, 0.6) is 0 Å². The second-order valence-corrected chi connectivity index (χ2v) is 6.42. The van der Waals surface area contributed by atoms with Gasteiger partial charge < -0.3 is 9.80 Å². The average molecular weight is 360 g/mol. The Hall–Kier alpha value is -3.21. The number of carbonyl (C=O) groups excluding carboxylic acids is 1. The van der Waals surface area contributed by atoms with Crippen LogP contribution in [0.15, 0.2) is 72.8 Å². The first-order chi connectivity index (χ1) is 13.2. The summed E-state index contributed by atoms with van der Waals surface area (Å²) in [5.74, 6) is 0.632. The maximum atomic E-state index is 12.8. The fraction of sp³-hybridized carbons (Fsp3) is 0.227. The smallest absolute Gasteiger partial charge is 0.274 e. The van der Waals surface area contributed by atoms with Crippen molar-refractivity contribution >= 4 is 11.7 Å². The zero-order chi connectivity index (χ0) is 19.1. The molecule has 0 saturated carbocycles. The molecular formula is C22H24N4O. The molecule has 0 atom stereocenters. The number of amides is 1. The van der Waals surface area contributed by atoms with Gasteiger partial charge in [-0.1, -0.05) is 60.7 Å². The van der Waals surface area contributed by atoms with Gasteiger partial charge >= 0.3 is 0 Å². The molecule has 0 radical (unpaired) electrons. The molecule has 1 heterocycles. The third-order valence-corrected chi connectivity index (χ3v) is 4.41. The van der Waals surface area contributed by atoms with E-state index < -0.39 is 0 Å². The predicted octanol–water partition coefficient (Wildman–Crippen LogP) is 3.78. The normalized spacial score (nSPS) is 10.4. The Kier molecular flexibility index (Phi) is 6.15. The van der Waals surface area contributed by atoms with E-state index in [-0.39, 0.29) is 5.91 Å². The standard InChI is InChI=1S/C22H24N4O/c1-3-26(17-19-12-8-5-9-13-19)22(27)20-14-15-21(24-23-20)25(2)16-18-10-6-4-7-11-18/h4-15H,3,16-17H2,1-2H3. The molecule has 0 spiro atoms. The van der Waals surface area contributed by atoms with Crippen molar-refractivity contribution in [2.45, 2.75) is 20.0 Å². The zero-order valence-corrected chi connectivity index (χ0v) is 15.7. The lowest BCUT2D eigenvalue weighted by Gasteiger charge is -2.21. The maximum Gasteiger partial charge on any atom is 0.274 e. The Morgan fingerprint density at radius 1 is 0.815 bits per heavy atom. The van der Waals surface area contributed by atoms with Crippen LogP contribution in [0.2, 0.25) is 0 Å². The Bertz CT molecular complexity index is 851. The van der Waals surface area contributed by atoms with E-state index in [0.717, 1.165) is 17.9 Å². The van der Waals surface area contributed by atoms with Gasteiger partial charge in [0.1, 0.15) is 0 Å². The van der Waals surface area contributed by atoms with Gasteiger partial charge in [-0.3, -0.25) is 4.79 Å². The first kappa shape index (κ1) is 18.6. The molecule has 27 heavy (non-hydrogen) atoms. The van der Waals surface area contributed by atoms with Gasteiger partial charge in [0.2, 0.25) is 0 Å². The summed E-state index contributed by atoms with van der Waals surface area (Å²) < 4.78 is 0. The van der Waals surface area contributed by atoms with Crippen LogP contribution in [-0.4, -0.2) is 34.6 Å². The minimum absolute atomic E-state index is 0.105. The van der Waals surface area contributed by atoms with Crippen LogP contribution in [0.1, 0.15) is 28.5 Å². The molecule has 0 unspecified atom stereocenters. The van der Waals surface area contributed by atoms with Gasteiger partial charge in [-0.05, 0) is 30.2 Å². The fourth-order valence-corrected chi connectivity index (χ4v) is 2.87. The summed E-state index contributed by atoms with van der Waals surface area (Å²) in [6.45, 7) is 3.88. The van der Waals surface area contributed by atoms with Crippen LogP contribution >= 0.6 is 0 Å². The van der Waals surface area contributed by atoms with Crippen LogP contribution in [0.4, 0.5) is 5.82 Å². The molecule has 0 aliphatic heterocycles. The fourth-order valence-electron chi connectivity index (χ4n) is 2.87. The van der Waals surface area contributed by atoms with Crippen molar-refractivity contribution < 1.29 is 4.79 Å².